The number of aliphatic carboxylic acids is 1. The minimum Gasteiger partial charge on any atom is -0.508 e. The highest BCUT2D eigenvalue weighted by Gasteiger charge is 2.73. The average molecular weight is 492 g/mol. The van der Waals surface area contributed by atoms with Crippen LogP contribution in [-0.4, -0.2) is 28.0 Å². The molecule has 1 spiro atoms. The predicted molar refractivity (Wildman–Crippen MR) is 135 cm³/mol. The normalized spacial score (nSPS) is 43.2. The second-order valence-corrected chi connectivity index (χ2v) is 13.0. The number of benzene rings is 1. The Morgan fingerprint density at radius 3 is 2.36 bits per heavy atom. The molecule has 6 heteroatoms. The molecule has 1 saturated heterocycles. The summed E-state index contributed by atoms with van der Waals surface area (Å²) in [6, 6.07) is 6.33. The first kappa shape index (κ1) is 23.7. The first-order valence-corrected chi connectivity index (χ1v) is 13.6. The van der Waals surface area contributed by atoms with Gasteiger partial charge in [0.15, 0.2) is 0 Å². The molecule has 192 valence electrons. The molecule has 2 amide bonds. The Kier molecular flexibility index (Phi) is 4.92. The molecule has 0 unspecified atom stereocenters. The number of nitrogens with zero attached hydrogens (tertiary/aromatic N) is 1. The molecule has 36 heavy (non-hydrogen) atoms. The number of phenolic OH excluding ortho intramolecular Hbond substituents is 1. The Bertz CT molecular complexity index is 1190. The fourth-order valence-electron chi connectivity index (χ4n) is 9.81. The molecule has 4 fully saturated rings. The number of phenols is 1. The minimum atomic E-state index is -0.747. The Hall–Kier alpha value is -2.63. The van der Waals surface area contributed by atoms with Crippen molar-refractivity contribution >= 4 is 23.5 Å². The number of carbonyl (C=O) groups is 3. The number of hydrogen-bond donors (Lipinski definition) is 2. The summed E-state index contributed by atoms with van der Waals surface area (Å²) in [6.45, 7) is 8.59. The quantitative estimate of drug-likeness (QED) is 0.436. The molecule has 7 rings (SSSR count). The molecule has 0 aromatic heterocycles. The van der Waals surface area contributed by atoms with Gasteiger partial charge in [0, 0.05) is 5.41 Å². The van der Waals surface area contributed by atoms with E-state index >= 15 is 0 Å². The third-order valence-corrected chi connectivity index (χ3v) is 11.3. The van der Waals surface area contributed by atoms with Crippen molar-refractivity contribution in [3.8, 4) is 5.75 Å². The number of hydrogen-bond acceptors (Lipinski definition) is 4. The van der Waals surface area contributed by atoms with Crippen LogP contribution in [0.15, 0.2) is 35.9 Å². The van der Waals surface area contributed by atoms with Crippen molar-refractivity contribution in [1.29, 1.82) is 0 Å². The molecular formula is C30H37NO5. The molecule has 3 saturated carbocycles. The molecule has 1 aromatic carbocycles. The number of imide groups is 1. The molecule has 5 aliphatic carbocycles. The topological polar surface area (TPSA) is 94.9 Å². The number of fused-ring (bicyclic) bond motifs is 1. The smallest absolute Gasteiger partial charge is 0.309 e. The van der Waals surface area contributed by atoms with Gasteiger partial charge in [0.1, 0.15) is 5.75 Å². The Morgan fingerprint density at radius 2 is 1.72 bits per heavy atom. The van der Waals surface area contributed by atoms with Crippen molar-refractivity contribution < 1.29 is 24.6 Å². The molecule has 1 aromatic rings. The summed E-state index contributed by atoms with van der Waals surface area (Å²) in [6.07, 6.45) is 7.35. The fourth-order valence-corrected chi connectivity index (χ4v) is 9.81. The van der Waals surface area contributed by atoms with Gasteiger partial charge in [-0.05, 0) is 92.4 Å². The van der Waals surface area contributed by atoms with E-state index in [1.807, 2.05) is 6.92 Å². The SMILES string of the molecule is CC(C)C1=C[C@@]23CC[C@H]4[C@](C)(CCC[C@@]4(C)C(=O)O)[C@@H]2C[C@H]1[C@@H]1C(=O)N(c2ccc(O)cc2)C(=O)[C@@H]13. The molecule has 2 bridgehead atoms. The standard InChI is InChI=1S/C30H37NO5/c1-16(2)20-15-30-13-10-21-28(3,11-5-12-29(21,4)27(35)36)22(30)14-19(20)23-24(30)26(34)31(25(23)33)17-6-8-18(32)9-7-17/h6-9,15-16,19,21-24,32H,5,10-14H2,1-4H3,(H,35,36)/t19-,21+,22+,23+,24-,28+,29-,30+/m1/s1. The van der Waals surface area contributed by atoms with E-state index in [1.165, 1.54) is 22.6 Å². The van der Waals surface area contributed by atoms with Crippen LogP contribution < -0.4 is 4.90 Å². The lowest BCUT2D eigenvalue weighted by Gasteiger charge is -2.68. The number of aromatic hydroxyl groups is 1. The van der Waals surface area contributed by atoms with Crippen molar-refractivity contribution in [1.82, 2.24) is 0 Å². The van der Waals surface area contributed by atoms with Gasteiger partial charge in [-0.3, -0.25) is 19.3 Å². The van der Waals surface area contributed by atoms with Gasteiger partial charge in [-0.2, -0.15) is 0 Å². The van der Waals surface area contributed by atoms with E-state index in [0.29, 0.717) is 18.0 Å². The van der Waals surface area contributed by atoms with Crippen LogP contribution in [0.4, 0.5) is 5.69 Å². The van der Waals surface area contributed by atoms with Gasteiger partial charge in [-0.15, -0.1) is 0 Å². The lowest BCUT2D eigenvalue weighted by atomic mass is 9.34. The number of allylic oxidation sites excluding steroid dienone is 2. The van der Waals surface area contributed by atoms with Gasteiger partial charge in [0.25, 0.3) is 0 Å². The van der Waals surface area contributed by atoms with Gasteiger partial charge in [0.05, 0.1) is 22.9 Å². The maximum absolute atomic E-state index is 14.2. The lowest BCUT2D eigenvalue weighted by molar-refractivity contribution is -0.194. The number of amides is 2. The van der Waals surface area contributed by atoms with E-state index < -0.39 is 22.7 Å². The molecule has 6 aliphatic rings. The Labute approximate surface area is 212 Å². The summed E-state index contributed by atoms with van der Waals surface area (Å²) < 4.78 is 0. The minimum absolute atomic E-state index is 0.00836. The highest BCUT2D eigenvalue weighted by molar-refractivity contribution is 6.23. The number of anilines is 1. The van der Waals surface area contributed by atoms with E-state index in [9.17, 15) is 24.6 Å². The van der Waals surface area contributed by atoms with Gasteiger partial charge in [-0.25, -0.2) is 0 Å². The van der Waals surface area contributed by atoms with Crippen LogP contribution >= 0.6 is 0 Å². The van der Waals surface area contributed by atoms with Crippen molar-refractivity contribution in [2.45, 2.75) is 66.2 Å². The highest BCUT2D eigenvalue weighted by Crippen LogP contribution is 2.74. The molecule has 1 heterocycles. The second kappa shape index (κ2) is 7.45. The molecule has 8 atom stereocenters. The molecular weight excluding hydrogens is 454 g/mol. The summed E-state index contributed by atoms with van der Waals surface area (Å²) in [5.74, 6) is -1.04. The molecule has 2 N–H and O–H groups in total. The van der Waals surface area contributed by atoms with Crippen molar-refractivity contribution in [3.05, 3.63) is 35.9 Å². The van der Waals surface area contributed by atoms with Crippen LogP contribution in [0.1, 0.15) is 66.2 Å². The van der Waals surface area contributed by atoms with E-state index in [0.717, 1.165) is 32.1 Å². The van der Waals surface area contributed by atoms with Crippen LogP contribution in [-0.2, 0) is 14.4 Å². The summed E-state index contributed by atoms with van der Waals surface area (Å²) >= 11 is 0. The molecule has 0 radical (unpaired) electrons. The van der Waals surface area contributed by atoms with E-state index in [2.05, 4.69) is 26.8 Å². The van der Waals surface area contributed by atoms with Gasteiger partial charge < -0.3 is 10.2 Å². The zero-order valence-corrected chi connectivity index (χ0v) is 21.7. The maximum Gasteiger partial charge on any atom is 0.309 e. The van der Waals surface area contributed by atoms with Crippen LogP contribution in [0.2, 0.25) is 0 Å². The van der Waals surface area contributed by atoms with Crippen LogP contribution in [0.25, 0.3) is 0 Å². The lowest BCUT2D eigenvalue weighted by Crippen LogP contribution is -2.65. The van der Waals surface area contributed by atoms with E-state index in [4.69, 9.17) is 0 Å². The van der Waals surface area contributed by atoms with E-state index in [-0.39, 0.29) is 46.7 Å². The van der Waals surface area contributed by atoms with Gasteiger partial charge in [0.2, 0.25) is 11.8 Å². The number of carbonyl (C=O) groups excluding carboxylic acids is 2. The highest BCUT2D eigenvalue weighted by atomic mass is 16.4. The fraction of sp³-hybridized carbons (Fsp3) is 0.633. The van der Waals surface area contributed by atoms with Gasteiger partial charge in [-0.1, -0.05) is 38.8 Å². The number of carboxylic acid groups (broad SMARTS) is 1. The van der Waals surface area contributed by atoms with Crippen LogP contribution in [0.5, 0.6) is 5.75 Å². The second-order valence-electron chi connectivity index (χ2n) is 13.0. The summed E-state index contributed by atoms with van der Waals surface area (Å²) in [5, 5.41) is 20.0. The number of carboxylic acids is 1. The summed E-state index contributed by atoms with van der Waals surface area (Å²) in [7, 11) is 0. The van der Waals surface area contributed by atoms with Crippen molar-refractivity contribution in [2.75, 3.05) is 4.90 Å². The van der Waals surface area contributed by atoms with Crippen molar-refractivity contribution in [2.24, 2.45) is 51.8 Å². The maximum atomic E-state index is 14.2. The summed E-state index contributed by atoms with van der Waals surface area (Å²) in [5.41, 5.74) is 0.482. The first-order chi connectivity index (χ1) is 17.0. The zero-order chi connectivity index (χ0) is 25.8. The molecule has 1 aliphatic heterocycles. The zero-order valence-electron chi connectivity index (χ0n) is 21.7. The Morgan fingerprint density at radius 1 is 1.03 bits per heavy atom. The van der Waals surface area contributed by atoms with Crippen LogP contribution in [0.3, 0.4) is 0 Å². The predicted octanol–water partition coefficient (Wildman–Crippen LogP) is 5.41. The van der Waals surface area contributed by atoms with Gasteiger partial charge >= 0.3 is 5.97 Å². The third-order valence-electron chi connectivity index (χ3n) is 11.3. The van der Waals surface area contributed by atoms with Crippen LogP contribution in [0, 0.1) is 51.8 Å². The molecule has 6 nitrogen and oxygen atoms in total. The van der Waals surface area contributed by atoms with Crippen molar-refractivity contribution in [3.63, 3.8) is 0 Å². The number of rotatable bonds is 3. The van der Waals surface area contributed by atoms with E-state index in [1.54, 1.807) is 12.1 Å². The third kappa shape index (κ3) is 2.76. The summed E-state index contributed by atoms with van der Waals surface area (Å²) in [4.78, 5) is 42.0. The first-order valence-electron chi connectivity index (χ1n) is 13.6. The average Bonchev–Trinajstić information content (AvgIpc) is 3.11. The largest absolute Gasteiger partial charge is 0.508 e. The monoisotopic (exact) mass is 491 g/mol. The Balaban J connectivity index is 1.49.